The van der Waals surface area contributed by atoms with Gasteiger partial charge in [0, 0.05) is 11.3 Å². The van der Waals surface area contributed by atoms with Crippen LogP contribution < -0.4 is 10.1 Å². The van der Waals surface area contributed by atoms with Crippen LogP contribution in [0.5, 0.6) is 5.75 Å². The van der Waals surface area contributed by atoms with Crippen molar-refractivity contribution >= 4 is 22.6 Å². The van der Waals surface area contributed by atoms with Gasteiger partial charge in [0.2, 0.25) is 0 Å². The van der Waals surface area contributed by atoms with Crippen molar-refractivity contribution in [3.63, 3.8) is 0 Å². The quantitative estimate of drug-likeness (QED) is 0.920. The number of nitriles is 1. The van der Waals surface area contributed by atoms with Gasteiger partial charge in [-0.1, -0.05) is 11.8 Å². The Morgan fingerprint density at radius 1 is 1.47 bits per heavy atom. The molecule has 1 aliphatic carbocycles. The van der Waals surface area contributed by atoms with Gasteiger partial charge in [-0.2, -0.15) is 5.26 Å². The van der Waals surface area contributed by atoms with Crippen molar-refractivity contribution in [1.82, 2.24) is 0 Å². The molecule has 1 fully saturated rings. The largest absolute Gasteiger partial charge is 0.495 e. The molecular weight excluding hydrogens is 258 g/mol. The number of nitrogens with one attached hydrogen (secondary N) is 1. The van der Waals surface area contributed by atoms with E-state index >= 15 is 0 Å². The Bertz CT molecular complexity index is 560. The molecule has 98 valence electrons. The number of aliphatic imine (C=N–C) groups is 1. The lowest BCUT2D eigenvalue weighted by Gasteiger charge is -2.11. The molecule has 0 aromatic heterocycles. The van der Waals surface area contributed by atoms with Gasteiger partial charge in [-0.3, -0.25) is 4.99 Å². The van der Waals surface area contributed by atoms with Crippen LogP contribution in [0.3, 0.4) is 0 Å². The van der Waals surface area contributed by atoms with Crippen LogP contribution in [0, 0.1) is 17.2 Å². The van der Waals surface area contributed by atoms with E-state index in [0.29, 0.717) is 16.6 Å². The summed E-state index contributed by atoms with van der Waals surface area (Å²) in [6.45, 7) is 0.913. The molecular formula is C14H15N3OS. The number of methoxy groups -OCH3 is 1. The minimum Gasteiger partial charge on any atom is -0.495 e. The lowest BCUT2D eigenvalue weighted by atomic mass is 10.2. The monoisotopic (exact) mass is 273 g/mol. The van der Waals surface area contributed by atoms with Gasteiger partial charge < -0.3 is 10.1 Å². The summed E-state index contributed by atoms with van der Waals surface area (Å²) in [5.74, 6) is 1.54. The van der Waals surface area contributed by atoms with Crippen LogP contribution in [-0.4, -0.2) is 24.1 Å². The van der Waals surface area contributed by atoms with Crippen LogP contribution in [-0.2, 0) is 0 Å². The van der Waals surface area contributed by atoms with Crippen LogP contribution >= 0.6 is 11.8 Å². The molecule has 1 N–H and O–H groups in total. The Kier molecular flexibility index (Phi) is 3.34. The summed E-state index contributed by atoms with van der Waals surface area (Å²) in [5, 5.41) is 13.8. The van der Waals surface area contributed by atoms with Gasteiger partial charge in [0.05, 0.1) is 31.0 Å². The van der Waals surface area contributed by atoms with Crippen LogP contribution in [0.2, 0.25) is 0 Å². The topological polar surface area (TPSA) is 57.4 Å². The van der Waals surface area contributed by atoms with E-state index in [1.807, 2.05) is 17.8 Å². The zero-order valence-corrected chi connectivity index (χ0v) is 11.5. The number of hydrogen-bond acceptors (Lipinski definition) is 5. The number of anilines is 1. The highest BCUT2D eigenvalue weighted by Crippen LogP contribution is 2.42. The van der Waals surface area contributed by atoms with Crippen molar-refractivity contribution in [2.24, 2.45) is 10.9 Å². The predicted molar refractivity (Wildman–Crippen MR) is 77.7 cm³/mol. The molecule has 0 saturated heterocycles. The van der Waals surface area contributed by atoms with Gasteiger partial charge in [0.25, 0.3) is 0 Å². The maximum Gasteiger partial charge on any atom is 0.161 e. The maximum absolute atomic E-state index is 8.88. The molecule has 5 heteroatoms. The minimum atomic E-state index is 0.597. The summed E-state index contributed by atoms with van der Waals surface area (Å²) in [6, 6.07) is 7.49. The highest BCUT2D eigenvalue weighted by molar-refractivity contribution is 8.15. The summed E-state index contributed by atoms with van der Waals surface area (Å²) in [4.78, 5) is 4.54. The highest BCUT2D eigenvalue weighted by atomic mass is 32.2. The first-order chi connectivity index (χ1) is 9.30. The first-order valence-electron chi connectivity index (χ1n) is 6.36. The number of hydrogen-bond donors (Lipinski definition) is 1. The third-order valence-corrected chi connectivity index (χ3v) is 4.69. The minimum absolute atomic E-state index is 0.597. The van der Waals surface area contributed by atoms with Gasteiger partial charge in [-0.05, 0) is 30.9 Å². The number of ether oxygens (including phenoxy) is 1. The molecule has 3 rings (SSSR count). The zero-order valence-electron chi connectivity index (χ0n) is 10.7. The molecule has 1 saturated carbocycles. The molecule has 0 bridgehead atoms. The maximum atomic E-state index is 8.88. The fourth-order valence-corrected chi connectivity index (χ4v) is 3.37. The summed E-state index contributed by atoms with van der Waals surface area (Å²) in [7, 11) is 1.61. The van der Waals surface area contributed by atoms with Crippen LogP contribution in [0.4, 0.5) is 5.69 Å². The first-order valence-corrected chi connectivity index (χ1v) is 7.24. The molecule has 0 spiro atoms. The van der Waals surface area contributed by atoms with Gasteiger partial charge in [-0.25, -0.2) is 0 Å². The van der Waals surface area contributed by atoms with E-state index in [2.05, 4.69) is 16.4 Å². The highest BCUT2D eigenvalue weighted by Gasteiger charge is 2.35. The lowest BCUT2D eigenvalue weighted by molar-refractivity contribution is 0.417. The van der Waals surface area contributed by atoms with Crippen molar-refractivity contribution in [2.45, 2.75) is 18.1 Å². The summed E-state index contributed by atoms with van der Waals surface area (Å²) < 4.78 is 5.31. The van der Waals surface area contributed by atoms with Gasteiger partial charge in [0.15, 0.2) is 5.17 Å². The lowest BCUT2D eigenvalue weighted by Crippen LogP contribution is -2.09. The number of benzene rings is 1. The molecule has 19 heavy (non-hydrogen) atoms. The van der Waals surface area contributed by atoms with E-state index in [-0.39, 0.29) is 0 Å². The summed E-state index contributed by atoms with van der Waals surface area (Å²) >= 11 is 1.82. The molecule has 0 amide bonds. The molecule has 1 aromatic carbocycles. The van der Waals surface area contributed by atoms with E-state index in [1.165, 1.54) is 12.8 Å². The number of nitrogens with zero attached hydrogens (tertiary/aromatic N) is 2. The van der Waals surface area contributed by atoms with E-state index in [9.17, 15) is 0 Å². The average molecular weight is 273 g/mol. The van der Waals surface area contributed by atoms with Crippen molar-refractivity contribution < 1.29 is 4.74 Å². The van der Waals surface area contributed by atoms with Crippen molar-refractivity contribution in [3.05, 3.63) is 23.8 Å². The smallest absolute Gasteiger partial charge is 0.161 e. The van der Waals surface area contributed by atoms with Crippen molar-refractivity contribution in [2.75, 3.05) is 19.0 Å². The van der Waals surface area contributed by atoms with Crippen LogP contribution in [0.25, 0.3) is 0 Å². The molecule has 4 nitrogen and oxygen atoms in total. The first kappa shape index (κ1) is 12.4. The molecule has 1 aliphatic heterocycles. The Labute approximate surface area is 116 Å². The summed E-state index contributed by atoms with van der Waals surface area (Å²) in [5.41, 5.74) is 1.46. The SMILES string of the molecule is COc1cc(C#N)ccc1NC1=NCC(C2CC2)S1. The number of thioether (sulfide) groups is 1. The molecule has 0 radical (unpaired) electrons. The Morgan fingerprint density at radius 2 is 2.32 bits per heavy atom. The second-order valence-electron chi connectivity index (χ2n) is 4.79. The zero-order chi connectivity index (χ0) is 13.2. The third kappa shape index (κ3) is 2.69. The fourth-order valence-electron chi connectivity index (χ4n) is 2.15. The van der Waals surface area contributed by atoms with Crippen LogP contribution in [0.15, 0.2) is 23.2 Å². The Balaban J connectivity index is 1.71. The Hall–Kier alpha value is -1.67. The Morgan fingerprint density at radius 3 is 3.00 bits per heavy atom. The van der Waals surface area contributed by atoms with E-state index in [0.717, 1.165) is 23.3 Å². The molecule has 2 aliphatic rings. The van der Waals surface area contributed by atoms with Crippen LogP contribution in [0.1, 0.15) is 18.4 Å². The second kappa shape index (κ2) is 5.14. The second-order valence-corrected chi connectivity index (χ2v) is 6.02. The predicted octanol–water partition coefficient (Wildman–Crippen LogP) is 2.86. The molecule has 1 aromatic rings. The number of rotatable bonds is 3. The van der Waals surface area contributed by atoms with Gasteiger partial charge in [0.1, 0.15) is 5.75 Å². The van der Waals surface area contributed by atoms with E-state index in [1.54, 1.807) is 19.2 Å². The standard InChI is InChI=1S/C14H15N3OS/c1-18-12-6-9(7-15)2-5-11(12)17-14-16-8-13(19-14)10-3-4-10/h2,5-6,10,13H,3-4,8H2,1H3,(H,16,17). The normalized spacial score (nSPS) is 21.7. The molecule has 1 unspecified atom stereocenters. The van der Waals surface area contributed by atoms with Crippen molar-refractivity contribution in [1.29, 1.82) is 5.26 Å². The fraction of sp³-hybridized carbons (Fsp3) is 0.429. The van der Waals surface area contributed by atoms with E-state index < -0.39 is 0 Å². The molecule has 1 atom stereocenters. The number of amidine groups is 1. The average Bonchev–Trinajstić information content (AvgIpc) is 3.20. The van der Waals surface area contributed by atoms with Gasteiger partial charge in [-0.15, -0.1) is 0 Å². The molecule has 1 heterocycles. The third-order valence-electron chi connectivity index (χ3n) is 3.40. The van der Waals surface area contributed by atoms with Crippen molar-refractivity contribution in [3.8, 4) is 11.8 Å². The summed E-state index contributed by atoms with van der Waals surface area (Å²) in [6.07, 6.45) is 2.70. The van der Waals surface area contributed by atoms with Gasteiger partial charge >= 0.3 is 0 Å². The van der Waals surface area contributed by atoms with E-state index in [4.69, 9.17) is 10.00 Å².